The van der Waals surface area contributed by atoms with Crippen molar-refractivity contribution in [1.29, 1.82) is 0 Å². The highest BCUT2D eigenvalue weighted by Crippen LogP contribution is 2.18. The molecule has 0 aliphatic carbocycles. The number of halogens is 1. The zero-order valence-electron chi connectivity index (χ0n) is 10.6. The van der Waals surface area contributed by atoms with Crippen LogP contribution in [0.3, 0.4) is 0 Å². The molecule has 100 valence electrons. The summed E-state index contributed by atoms with van der Waals surface area (Å²) >= 11 is 3.34. The Morgan fingerprint density at radius 2 is 2.05 bits per heavy atom. The summed E-state index contributed by atoms with van der Waals surface area (Å²) < 4.78 is 11.7. The molecule has 0 bridgehead atoms. The molecule has 0 saturated heterocycles. The zero-order valence-corrected chi connectivity index (χ0v) is 12.2. The SMILES string of the molecule is COc1cccc(OCCNc2ccc(Br)cn2)c1. The van der Waals surface area contributed by atoms with Crippen molar-refractivity contribution in [2.24, 2.45) is 0 Å². The third-order valence-corrected chi connectivity index (χ3v) is 2.91. The van der Waals surface area contributed by atoms with E-state index in [1.807, 2.05) is 36.4 Å². The van der Waals surface area contributed by atoms with Crippen LogP contribution in [0.25, 0.3) is 0 Å². The summed E-state index contributed by atoms with van der Waals surface area (Å²) in [7, 11) is 1.64. The lowest BCUT2D eigenvalue weighted by Gasteiger charge is -2.09. The number of hydrogen-bond donors (Lipinski definition) is 1. The van der Waals surface area contributed by atoms with Gasteiger partial charge in [0, 0.05) is 16.7 Å². The van der Waals surface area contributed by atoms with Crippen LogP contribution in [0, 0.1) is 0 Å². The summed E-state index contributed by atoms with van der Waals surface area (Å²) in [5.41, 5.74) is 0. The predicted molar refractivity (Wildman–Crippen MR) is 78.9 cm³/mol. The first-order valence-electron chi connectivity index (χ1n) is 5.90. The van der Waals surface area contributed by atoms with E-state index < -0.39 is 0 Å². The molecule has 0 unspecified atom stereocenters. The van der Waals surface area contributed by atoms with E-state index in [0.717, 1.165) is 21.8 Å². The Hall–Kier alpha value is -1.75. The molecule has 0 fully saturated rings. The second kappa shape index (κ2) is 6.99. The molecule has 1 heterocycles. The number of aromatic nitrogens is 1. The minimum atomic E-state index is 0.560. The van der Waals surface area contributed by atoms with Gasteiger partial charge in [-0.15, -0.1) is 0 Å². The number of pyridine rings is 1. The highest BCUT2D eigenvalue weighted by molar-refractivity contribution is 9.10. The molecule has 0 radical (unpaired) electrons. The molecule has 4 nitrogen and oxygen atoms in total. The van der Waals surface area contributed by atoms with Crippen LogP contribution in [0.2, 0.25) is 0 Å². The first-order chi connectivity index (χ1) is 9.28. The summed E-state index contributed by atoms with van der Waals surface area (Å²) in [5, 5.41) is 3.18. The summed E-state index contributed by atoms with van der Waals surface area (Å²) in [6.07, 6.45) is 1.76. The van der Waals surface area contributed by atoms with Crippen LogP contribution in [0.5, 0.6) is 11.5 Å². The maximum Gasteiger partial charge on any atom is 0.126 e. The van der Waals surface area contributed by atoms with Gasteiger partial charge in [0.2, 0.25) is 0 Å². The van der Waals surface area contributed by atoms with Crippen molar-refractivity contribution in [3.05, 3.63) is 47.1 Å². The van der Waals surface area contributed by atoms with Crippen molar-refractivity contribution >= 4 is 21.7 Å². The van der Waals surface area contributed by atoms with E-state index in [1.54, 1.807) is 13.3 Å². The van der Waals surface area contributed by atoms with Crippen LogP contribution in [0.15, 0.2) is 47.1 Å². The maximum atomic E-state index is 5.61. The Kier molecular flexibility index (Phi) is 5.03. The van der Waals surface area contributed by atoms with E-state index in [4.69, 9.17) is 9.47 Å². The number of methoxy groups -OCH3 is 1. The maximum absolute atomic E-state index is 5.61. The molecule has 0 atom stereocenters. The highest BCUT2D eigenvalue weighted by Gasteiger charge is 1.97. The van der Waals surface area contributed by atoms with Gasteiger partial charge < -0.3 is 14.8 Å². The largest absolute Gasteiger partial charge is 0.497 e. The summed E-state index contributed by atoms with van der Waals surface area (Å²) in [6.45, 7) is 1.25. The van der Waals surface area contributed by atoms with Crippen LogP contribution >= 0.6 is 15.9 Å². The molecule has 1 aromatic heterocycles. The lowest BCUT2D eigenvalue weighted by molar-refractivity contribution is 0.329. The standard InChI is InChI=1S/C14H15BrN2O2/c1-18-12-3-2-4-13(9-12)19-8-7-16-14-6-5-11(15)10-17-14/h2-6,9-10H,7-8H2,1H3,(H,16,17). The van der Waals surface area contributed by atoms with E-state index in [0.29, 0.717) is 13.2 Å². The molecule has 2 aromatic rings. The molecule has 2 rings (SSSR count). The first-order valence-corrected chi connectivity index (χ1v) is 6.69. The minimum Gasteiger partial charge on any atom is -0.497 e. The van der Waals surface area contributed by atoms with E-state index >= 15 is 0 Å². The topological polar surface area (TPSA) is 43.4 Å². The summed E-state index contributed by atoms with van der Waals surface area (Å²) in [5.74, 6) is 2.42. The number of benzene rings is 1. The van der Waals surface area contributed by atoms with E-state index in [2.05, 4.69) is 26.2 Å². The molecule has 0 spiro atoms. The molecular formula is C14H15BrN2O2. The normalized spacial score (nSPS) is 10.0. The fraction of sp³-hybridized carbons (Fsp3) is 0.214. The van der Waals surface area contributed by atoms with Crippen molar-refractivity contribution in [1.82, 2.24) is 4.98 Å². The number of anilines is 1. The van der Waals surface area contributed by atoms with Gasteiger partial charge in [-0.25, -0.2) is 4.98 Å². The van der Waals surface area contributed by atoms with E-state index in [1.165, 1.54) is 0 Å². The smallest absolute Gasteiger partial charge is 0.126 e. The Bertz CT molecular complexity index is 517. The van der Waals surface area contributed by atoms with Gasteiger partial charge in [-0.3, -0.25) is 0 Å². The number of nitrogens with zero attached hydrogens (tertiary/aromatic N) is 1. The Morgan fingerprint density at radius 1 is 1.21 bits per heavy atom. The molecule has 0 aliphatic heterocycles. The van der Waals surface area contributed by atoms with Gasteiger partial charge in [0.25, 0.3) is 0 Å². The van der Waals surface area contributed by atoms with Crippen LogP contribution in [-0.2, 0) is 0 Å². The molecule has 1 N–H and O–H groups in total. The minimum absolute atomic E-state index is 0.560. The fourth-order valence-corrected chi connectivity index (χ4v) is 1.75. The molecule has 0 amide bonds. The van der Waals surface area contributed by atoms with Gasteiger partial charge in [-0.1, -0.05) is 6.07 Å². The molecule has 0 aliphatic rings. The molecule has 5 heteroatoms. The summed E-state index contributed by atoms with van der Waals surface area (Å²) in [6, 6.07) is 11.4. The Balaban J connectivity index is 1.75. The Morgan fingerprint density at radius 3 is 2.79 bits per heavy atom. The monoisotopic (exact) mass is 322 g/mol. The lowest BCUT2D eigenvalue weighted by Crippen LogP contribution is -2.12. The number of hydrogen-bond acceptors (Lipinski definition) is 4. The molecule has 0 saturated carbocycles. The van der Waals surface area contributed by atoms with Crippen LogP contribution in [0.1, 0.15) is 0 Å². The van der Waals surface area contributed by atoms with Crippen molar-refractivity contribution in [2.45, 2.75) is 0 Å². The van der Waals surface area contributed by atoms with Crippen LogP contribution < -0.4 is 14.8 Å². The van der Waals surface area contributed by atoms with Gasteiger partial charge in [0.15, 0.2) is 0 Å². The third kappa shape index (κ3) is 4.44. The highest BCUT2D eigenvalue weighted by atomic mass is 79.9. The van der Waals surface area contributed by atoms with Gasteiger partial charge in [-0.2, -0.15) is 0 Å². The van der Waals surface area contributed by atoms with Crippen molar-refractivity contribution < 1.29 is 9.47 Å². The Labute approximate surface area is 120 Å². The van der Waals surface area contributed by atoms with Crippen molar-refractivity contribution in [2.75, 3.05) is 25.6 Å². The second-order valence-electron chi connectivity index (χ2n) is 3.82. The van der Waals surface area contributed by atoms with Crippen molar-refractivity contribution in [3.8, 4) is 11.5 Å². The van der Waals surface area contributed by atoms with Crippen LogP contribution in [0.4, 0.5) is 5.82 Å². The average molecular weight is 323 g/mol. The second-order valence-corrected chi connectivity index (χ2v) is 4.73. The van der Waals surface area contributed by atoms with E-state index in [9.17, 15) is 0 Å². The fourth-order valence-electron chi connectivity index (χ4n) is 1.52. The first kappa shape index (κ1) is 13.7. The molecular weight excluding hydrogens is 308 g/mol. The quantitative estimate of drug-likeness (QED) is 0.828. The van der Waals surface area contributed by atoms with Gasteiger partial charge in [0.1, 0.15) is 23.9 Å². The number of rotatable bonds is 6. The molecule has 1 aromatic carbocycles. The molecule has 19 heavy (non-hydrogen) atoms. The predicted octanol–water partition coefficient (Wildman–Crippen LogP) is 3.34. The zero-order chi connectivity index (χ0) is 13.5. The summed E-state index contributed by atoms with van der Waals surface area (Å²) in [4.78, 5) is 4.22. The third-order valence-electron chi connectivity index (χ3n) is 2.45. The van der Waals surface area contributed by atoms with Gasteiger partial charge in [0.05, 0.1) is 13.7 Å². The number of nitrogens with one attached hydrogen (secondary N) is 1. The van der Waals surface area contributed by atoms with Gasteiger partial charge in [-0.05, 0) is 40.2 Å². The van der Waals surface area contributed by atoms with E-state index in [-0.39, 0.29) is 0 Å². The lowest BCUT2D eigenvalue weighted by atomic mass is 10.3. The van der Waals surface area contributed by atoms with Crippen molar-refractivity contribution in [3.63, 3.8) is 0 Å². The van der Waals surface area contributed by atoms with Crippen LogP contribution in [-0.4, -0.2) is 25.2 Å². The average Bonchev–Trinajstić information content (AvgIpc) is 2.46. The van der Waals surface area contributed by atoms with Gasteiger partial charge >= 0.3 is 0 Å². The number of ether oxygens (including phenoxy) is 2.